The SMILES string of the molecule is CC(C)(C)OC(=O)N1CCc2ccccc2C1CC(=O)Nc1ccsc1-c1nc(C(=O)O)c(O)c(=O)[nH]1. The number of carbonyl (C=O) groups is 3. The third-order valence-electron chi connectivity index (χ3n) is 5.67. The smallest absolute Gasteiger partial charge is 0.410 e. The summed E-state index contributed by atoms with van der Waals surface area (Å²) in [5.74, 6) is -3.08. The summed E-state index contributed by atoms with van der Waals surface area (Å²) in [5.41, 5.74) is -0.307. The number of ether oxygens (including phenoxy) is 1. The molecule has 11 nitrogen and oxygen atoms in total. The van der Waals surface area contributed by atoms with Gasteiger partial charge in [-0.1, -0.05) is 24.3 Å². The molecule has 0 aliphatic carbocycles. The van der Waals surface area contributed by atoms with Crippen molar-refractivity contribution in [3.8, 4) is 16.5 Å². The highest BCUT2D eigenvalue weighted by atomic mass is 32.1. The zero-order valence-electron chi connectivity index (χ0n) is 20.4. The van der Waals surface area contributed by atoms with Gasteiger partial charge >= 0.3 is 12.1 Å². The van der Waals surface area contributed by atoms with Gasteiger partial charge in [-0.3, -0.25) is 9.59 Å². The number of hydrogen-bond acceptors (Lipinski definition) is 8. The molecular formula is C25H26N4O7S. The van der Waals surface area contributed by atoms with Crippen LogP contribution in [0, 0.1) is 0 Å². The Labute approximate surface area is 215 Å². The summed E-state index contributed by atoms with van der Waals surface area (Å²) in [5, 5.41) is 23.4. The zero-order valence-corrected chi connectivity index (χ0v) is 21.2. The van der Waals surface area contributed by atoms with Crippen molar-refractivity contribution in [2.75, 3.05) is 11.9 Å². The first-order valence-corrected chi connectivity index (χ1v) is 12.3. The summed E-state index contributed by atoms with van der Waals surface area (Å²) >= 11 is 1.12. The molecule has 12 heteroatoms. The van der Waals surface area contributed by atoms with Gasteiger partial charge in [0.15, 0.2) is 11.5 Å². The van der Waals surface area contributed by atoms with Gasteiger partial charge in [-0.2, -0.15) is 0 Å². The monoisotopic (exact) mass is 526 g/mol. The minimum atomic E-state index is -1.56. The summed E-state index contributed by atoms with van der Waals surface area (Å²) in [6.45, 7) is 5.73. The number of aromatic hydroxyl groups is 1. The Morgan fingerprint density at radius 2 is 1.97 bits per heavy atom. The van der Waals surface area contributed by atoms with Crippen molar-refractivity contribution in [1.82, 2.24) is 14.9 Å². The van der Waals surface area contributed by atoms with E-state index < -0.39 is 46.6 Å². The summed E-state index contributed by atoms with van der Waals surface area (Å²) in [6, 6.07) is 8.65. The average molecular weight is 527 g/mol. The fourth-order valence-electron chi connectivity index (χ4n) is 4.10. The van der Waals surface area contributed by atoms with E-state index in [1.165, 1.54) is 0 Å². The molecule has 0 saturated carbocycles. The van der Waals surface area contributed by atoms with Gasteiger partial charge in [0.25, 0.3) is 5.56 Å². The number of H-pyrrole nitrogens is 1. The van der Waals surface area contributed by atoms with Crippen LogP contribution in [0.1, 0.15) is 54.8 Å². The standard InChI is InChI=1S/C25H26N4O7S/c1-25(2,3)36-24(35)29-10-8-13-6-4-5-7-14(13)16(29)12-17(30)26-15-9-11-37-20(15)21-27-18(23(33)34)19(31)22(32)28-21/h4-7,9,11,16,31H,8,10,12H2,1-3H3,(H,26,30)(H,33,34)(H,27,28,32). The second-order valence-corrected chi connectivity index (χ2v) is 10.4. The van der Waals surface area contributed by atoms with Crippen LogP contribution in [0.4, 0.5) is 10.5 Å². The molecule has 4 rings (SSSR count). The van der Waals surface area contributed by atoms with Gasteiger partial charge in [0.05, 0.1) is 23.0 Å². The van der Waals surface area contributed by atoms with Gasteiger partial charge in [0.1, 0.15) is 5.60 Å². The quantitative estimate of drug-likeness (QED) is 0.391. The van der Waals surface area contributed by atoms with Crippen LogP contribution in [-0.2, 0) is 16.0 Å². The Balaban J connectivity index is 1.60. The number of fused-ring (bicyclic) bond motifs is 1. The Morgan fingerprint density at radius 1 is 1.24 bits per heavy atom. The number of nitrogens with one attached hydrogen (secondary N) is 2. The van der Waals surface area contributed by atoms with Crippen LogP contribution in [0.15, 0.2) is 40.5 Å². The van der Waals surface area contributed by atoms with Crippen molar-refractivity contribution in [1.29, 1.82) is 0 Å². The molecule has 0 saturated heterocycles. The molecule has 3 heterocycles. The van der Waals surface area contributed by atoms with E-state index in [1.807, 2.05) is 24.3 Å². The number of nitrogens with zero attached hydrogens (tertiary/aromatic N) is 2. The predicted octanol–water partition coefficient (Wildman–Crippen LogP) is 3.77. The Bertz CT molecular complexity index is 1420. The molecule has 1 aromatic carbocycles. The molecule has 1 aliphatic rings. The maximum absolute atomic E-state index is 13.2. The van der Waals surface area contributed by atoms with Crippen molar-refractivity contribution < 1.29 is 29.3 Å². The molecule has 0 bridgehead atoms. The molecule has 194 valence electrons. The highest BCUT2D eigenvalue weighted by Gasteiger charge is 2.35. The molecule has 4 N–H and O–H groups in total. The third kappa shape index (κ3) is 5.64. The second kappa shape index (κ2) is 10.1. The van der Waals surface area contributed by atoms with Crippen LogP contribution in [-0.4, -0.2) is 55.2 Å². The lowest BCUT2D eigenvalue weighted by atomic mass is 9.91. The van der Waals surface area contributed by atoms with Gasteiger partial charge in [0, 0.05) is 6.54 Å². The minimum Gasteiger partial charge on any atom is -0.501 e. The van der Waals surface area contributed by atoms with Gasteiger partial charge in [-0.15, -0.1) is 11.3 Å². The number of thiophene rings is 1. The first-order valence-electron chi connectivity index (χ1n) is 11.5. The lowest BCUT2D eigenvalue weighted by molar-refractivity contribution is -0.117. The molecule has 1 unspecified atom stereocenters. The Hall–Kier alpha value is -4.19. The summed E-state index contributed by atoms with van der Waals surface area (Å²) < 4.78 is 5.58. The normalized spacial score (nSPS) is 15.1. The number of anilines is 1. The van der Waals surface area contributed by atoms with Crippen molar-refractivity contribution in [3.05, 3.63) is 62.9 Å². The summed E-state index contributed by atoms with van der Waals surface area (Å²) in [7, 11) is 0. The third-order valence-corrected chi connectivity index (χ3v) is 6.59. The van der Waals surface area contributed by atoms with E-state index in [2.05, 4.69) is 15.3 Å². The maximum atomic E-state index is 13.2. The highest BCUT2D eigenvalue weighted by Crippen LogP contribution is 2.35. The molecular weight excluding hydrogens is 500 g/mol. The average Bonchev–Trinajstić information content (AvgIpc) is 3.27. The molecule has 37 heavy (non-hydrogen) atoms. The molecule has 0 fully saturated rings. The first-order chi connectivity index (χ1) is 17.4. The number of aromatic nitrogens is 2. The van der Waals surface area contributed by atoms with E-state index >= 15 is 0 Å². The highest BCUT2D eigenvalue weighted by molar-refractivity contribution is 7.14. The number of rotatable bonds is 5. The number of carboxylic acids is 1. The Morgan fingerprint density at radius 3 is 2.68 bits per heavy atom. The number of aromatic carboxylic acids is 1. The molecule has 0 radical (unpaired) electrons. The van der Waals surface area contributed by atoms with Gasteiger partial charge in [0.2, 0.25) is 11.7 Å². The Kier molecular flexibility index (Phi) is 7.03. The lowest BCUT2D eigenvalue weighted by Crippen LogP contribution is -2.44. The van der Waals surface area contributed by atoms with E-state index in [0.29, 0.717) is 23.5 Å². The number of carbonyl (C=O) groups excluding carboxylic acids is 2. The van der Waals surface area contributed by atoms with Gasteiger partial charge in [-0.05, 0) is 49.8 Å². The van der Waals surface area contributed by atoms with Crippen LogP contribution in [0.25, 0.3) is 10.7 Å². The van der Waals surface area contributed by atoms with E-state index in [0.717, 1.165) is 22.5 Å². The molecule has 2 amide bonds. The van der Waals surface area contributed by atoms with Crippen LogP contribution >= 0.6 is 11.3 Å². The largest absolute Gasteiger partial charge is 0.501 e. The molecule has 2 aromatic heterocycles. The predicted molar refractivity (Wildman–Crippen MR) is 136 cm³/mol. The van der Waals surface area contributed by atoms with Crippen molar-refractivity contribution in [3.63, 3.8) is 0 Å². The zero-order chi connectivity index (χ0) is 26.9. The second-order valence-electron chi connectivity index (χ2n) is 9.47. The topological polar surface area (TPSA) is 162 Å². The van der Waals surface area contributed by atoms with Crippen LogP contribution in [0.3, 0.4) is 0 Å². The molecule has 1 aliphatic heterocycles. The summed E-state index contributed by atoms with van der Waals surface area (Å²) in [4.78, 5) is 57.6. The number of hydrogen-bond donors (Lipinski definition) is 4. The van der Waals surface area contributed by atoms with Crippen LogP contribution in [0.5, 0.6) is 5.75 Å². The maximum Gasteiger partial charge on any atom is 0.410 e. The van der Waals surface area contributed by atoms with E-state index in [4.69, 9.17) is 4.74 Å². The van der Waals surface area contributed by atoms with Crippen LogP contribution < -0.4 is 10.9 Å². The minimum absolute atomic E-state index is 0.0640. The summed E-state index contributed by atoms with van der Waals surface area (Å²) in [6.07, 6.45) is 0.0579. The van der Waals surface area contributed by atoms with Gasteiger partial charge < -0.3 is 30.2 Å². The van der Waals surface area contributed by atoms with Gasteiger partial charge in [-0.25, -0.2) is 14.6 Å². The number of amides is 2. The van der Waals surface area contributed by atoms with E-state index in [1.54, 1.807) is 37.1 Å². The van der Waals surface area contributed by atoms with Crippen LogP contribution in [0.2, 0.25) is 0 Å². The fourth-order valence-corrected chi connectivity index (χ4v) is 4.90. The fraction of sp³-hybridized carbons (Fsp3) is 0.320. The molecule has 0 spiro atoms. The number of carboxylic acid groups (broad SMARTS) is 1. The molecule has 1 atom stereocenters. The lowest BCUT2D eigenvalue weighted by Gasteiger charge is -2.37. The van der Waals surface area contributed by atoms with Crippen molar-refractivity contribution in [2.45, 2.75) is 45.3 Å². The molecule has 3 aromatic rings. The van der Waals surface area contributed by atoms with E-state index in [9.17, 15) is 29.4 Å². The van der Waals surface area contributed by atoms with E-state index in [-0.39, 0.29) is 12.2 Å². The first kappa shape index (κ1) is 25.9. The van der Waals surface area contributed by atoms with Crippen molar-refractivity contribution >= 4 is 35.0 Å². The van der Waals surface area contributed by atoms with Crippen molar-refractivity contribution in [2.24, 2.45) is 0 Å². The number of benzene rings is 1. The number of aromatic amines is 1.